The van der Waals surface area contributed by atoms with Gasteiger partial charge in [-0.1, -0.05) is 0 Å². The van der Waals surface area contributed by atoms with Gasteiger partial charge in [0.2, 0.25) is 0 Å². The fraction of sp³-hybridized carbons (Fsp3) is 0. The molecule has 0 aromatic heterocycles. The molecule has 0 spiro atoms. The van der Waals surface area contributed by atoms with Crippen LogP contribution in [0.5, 0.6) is 0 Å². The topological polar surface area (TPSA) is 0 Å². The van der Waals surface area contributed by atoms with E-state index in [2.05, 4.69) is 25.7 Å². The Balaban J connectivity index is 2.77. The van der Waals surface area contributed by atoms with Crippen LogP contribution < -0.4 is 0 Å². The van der Waals surface area contributed by atoms with Gasteiger partial charge in [0.05, 0.1) is 0 Å². The molecule has 6 heavy (non-hydrogen) atoms. The third-order valence-electron chi connectivity index (χ3n) is 0.566. The van der Waals surface area contributed by atoms with Gasteiger partial charge in [-0.15, -0.1) is 0 Å². The summed E-state index contributed by atoms with van der Waals surface area (Å²) in [5, 5.41) is 0. The fourth-order valence-electron chi connectivity index (χ4n) is 0.313. The molecular formula is C5H5Bi. The first-order valence-electron chi connectivity index (χ1n) is 1.85. The maximum atomic E-state index is 2.31. The summed E-state index contributed by atoms with van der Waals surface area (Å²) >= 11 is -0.181. The Morgan fingerprint density at radius 2 is 2.00 bits per heavy atom. The molecule has 0 saturated heterocycles. The summed E-state index contributed by atoms with van der Waals surface area (Å²) in [4.78, 5) is 0. The zero-order valence-electron chi connectivity index (χ0n) is 3.33. The van der Waals surface area contributed by atoms with Crippen LogP contribution in [0.4, 0.5) is 0 Å². The molecule has 0 N–H and O–H groups in total. The van der Waals surface area contributed by atoms with Crippen LogP contribution in [0.25, 0.3) is 0 Å². The van der Waals surface area contributed by atoms with Crippen molar-refractivity contribution in [1.29, 1.82) is 0 Å². The van der Waals surface area contributed by atoms with Gasteiger partial charge < -0.3 is 0 Å². The standard InChI is InChI=1S/C5H5.Bi/c1-3-5-4-2;/h1-5H;. The van der Waals surface area contributed by atoms with Crippen LogP contribution in [0, 0.1) is 0 Å². The number of rotatable bonds is 0. The van der Waals surface area contributed by atoms with Crippen molar-refractivity contribution in [2.24, 2.45) is 0 Å². The molecule has 1 rings (SSSR count). The molecule has 1 heteroatoms. The Morgan fingerprint density at radius 3 is 2.17 bits per heavy atom. The fourth-order valence-corrected chi connectivity index (χ4v) is 2.24. The normalized spacial score (nSPS) is 16.0. The molecule has 30 valence electrons. The molecule has 0 nitrogen and oxygen atoms in total. The van der Waals surface area contributed by atoms with E-state index in [9.17, 15) is 0 Å². The second-order valence-corrected chi connectivity index (χ2v) is 4.50. The van der Waals surface area contributed by atoms with Gasteiger partial charge in [-0.3, -0.25) is 0 Å². The van der Waals surface area contributed by atoms with E-state index in [4.69, 9.17) is 0 Å². The third kappa shape index (κ3) is 1.14. The predicted octanol–water partition coefficient (Wildman–Crippen LogP) is 0.576. The van der Waals surface area contributed by atoms with Gasteiger partial charge in [0.25, 0.3) is 0 Å². The first-order valence-corrected chi connectivity index (χ1v) is 5.86. The number of hydrogen-bond acceptors (Lipinski definition) is 0. The molecule has 1 aliphatic rings. The summed E-state index contributed by atoms with van der Waals surface area (Å²) in [6, 6.07) is 0. The molecule has 1 aliphatic heterocycles. The molecule has 1 heterocycles. The van der Waals surface area contributed by atoms with Gasteiger partial charge in [0, 0.05) is 0 Å². The Kier molecular flexibility index (Phi) is 1.77. The summed E-state index contributed by atoms with van der Waals surface area (Å²) in [6.45, 7) is 0. The minimum absolute atomic E-state index is 0.181. The molecule has 0 atom stereocenters. The van der Waals surface area contributed by atoms with Gasteiger partial charge in [0.15, 0.2) is 0 Å². The van der Waals surface area contributed by atoms with E-state index in [1.165, 1.54) is 0 Å². The number of hydrogen-bond donors (Lipinski definition) is 0. The van der Waals surface area contributed by atoms with Crippen molar-refractivity contribution in [1.82, 2.24) is 0 Å². The van der Waals surface area contributed by atoms with E-state index in [0.717, 1.165) is 0 Å². The van der Waals surface area contributed by atoms with Crippen molar-refractivity contribution in [2.75, 3.05) is 0 Å². The average Bonchev–Trinajstić information content (AvgIpc) is 1.72. The van der Waals surface area contributed by atoms with E-state index in [0.29, 0.717) is 0 Å². The molecule has 0 aliphatic carbocycles. The Morgan fingerprint density at radius 1 is 1.00 bits per heavy atom. The van der Waals surface area contributed by atoms with E-state index in [1.54, 1.807) is 0 Å². The van der Waals surface area contributed by atoms with Gasteiger partial charge in [-0.05, 0) is 0 Å². The van der Waals surface area contributed by atoms with Crippen molar-refractivity contribution >= 4 is 26.5 Å². The monoisotopic (exact) mass is 274 g/mol. The Hall–Kier alpha value is 0.233. The third-order valence-corrected chi connectivity index (χ3v) is 3.24. The molecule has 0 amide bonds. The number of allylic oxidation sites excluding steroid dienone is 3. The molecule has 0 radical (unpaired) electrons. The van der Waals surface area contributed by atoms with Crippen molar-refractivity contribution in [3.05, 3.63) is 22.0 Å². The molecule has 0 unspecified atom stereocenters. The summed E-state index contributed by atoms with van der Waals surface area (Å²) < 4.78 is 4.61. The summed E-state index contributed by atoms with van der Waals surface area (Å²) in [5.74, 6) is 0. The van der Waals surface area contributed by atoms with E-state index in [1.807, 2.05) is 0 Å². The van der Waals surface area contributed by atoms with Crippen LogP contribution in [0.15, 0.2) is 22.0 Å². The first-order chi connectivity index (χ1) is 3.00. The quantitative estimate of drug-likeness (QED) is 0.567. The molecular weight excluding hydrogens is 269 g/mol. The second kappa shape index (κ2) is 2.41. The maximum absolute atomic E-state index is 2.31. The average molecular weight is 274 g/mol. The van der Waals surface area contributed by atoms with Crippen molar-refractivity contribution in [3.8, 4) is 0 Å². The van der Waals surface area contributed by atoms with E-state index < -0.39 is 0 Å². The zero-order chi connectivity index (χ0) is 4.24. The van der Waals surface area contributed by atoms with Crippen molar-refractivity contribution in [3.63, 3.8) is 0 Å². The molecule has 0 bridgehead atoms. The predicted molar refractivity (Wildman–Crippen MR) is 30.1 cm³/mol. The van der Waals surface area contributed by atoms with Crippen LogP contribution in [0.1, 0.15) is 0 Å². The van der Waals surface area contributed by atoms with Crippen LogP contribution in [-0.2, 0) is 0 Å². The van der Waals surface area contributed by atoms with Gasteiger partial charge in [-0.25, -0.2) is 0 Å². The molecule has 0 aromatic carbocycles. The zero-order valence-corrected chi connectivity index (χ0v) is 6.81. The Labute approximate surface area is 48.6 Å². The second-order valence-electron chi connectivity index (χ2n) is 1.02. The first kappa shape index (κ1) is 4.39. The summed E-state index contributed by atoms with van der Waals surface area (Å²) in [5.41, 5.74) is 0. The SMILES string of the molecule is C1=C[CH]=[Bi][CH]=C1. The van der Waals surface area contributed by atoms with E-state index >= 15 is 0 Å². The van der Waals surface area contributed by atoms with Crippen molar-refractivity contribution < 1.29 is 0 Å². The minimum atomic E-state index is -0.181. The van der Waals surface area contributed by atoms with Gasteiger partial charge in [0.1, 0.15) is 0 Å². The molecule has 0 fully saturated rings. The van der Waals surface area contributed by atoms with Crippen molar-refractivity contribution in [2.45, 2.75) is 0 Å². The molecule has 0 saturated carbocycles. The van der Waals surface area contributed by atoms with E-state index in [-0.39, 0.29) is 22.8 Å². The van der Waals surface area contributed by atoms with Crippen LogP contribution in [0.2, 0.25) is 0 Å². The Bertz CT molecular complexity index is 73.3. The summed E-state index contributed by atoms with van der Waals surface area (Å²) in [7, 11) is 0. The summed E-state index contributed by atoms with van der Waals surface area (Å²) in [6.07, 6.45) is 6.35. The van der Waals surface area contributed by atoms with Crippen LogP contribution in [0.3, 0.4) is 0 Å². The molecule has 0 aromatic rings. The van der Waals surface area contributed by atoms with Gasteiger partial charge in [-0.2, -0.15) is 0 Å². The van der Waals surface area contributed by atoms with Crippen LogP contribution >= 0.6 is 0 Å². The van der Waals surface area contributed by atoms with Gasteiger partial charge >= 0.3 is 48.5 Å². The van der Waals surface area contributed by atoms with Crippen LogP contribution in [-0.4, -0.2) is 26.5 Å².